The molecule has 2 unspecified atom stereocenters. The summed E-state index contributed by atoms with van der Waals surface area (Å²) in [6, 6.07) is 0.954. The quantitative estimate of drug-likeness (QED) is 0.616. The van der Waals surface area contributed by atoms with Crippen molar-refractivity contribution in [3.8, 4) is 0 Å². The Morgan fingerprint density at radius 2 is 1.80 bits per heavy atom. The minimum atomic E-state index is -1.79. The second-order valence-electron chi connectivity index (χ2n) is 6.39. The zero-order valence-corrected chi connectivity index (χ0v) is 14.0. The van der Waals surface area contributed by atoms with Crippen LogP contribution in [0.3, 0.4) is 0 Å². The van der Waals surface area contributed by atoms with E-state index < -0.39 is 52.6 Å². The Bertz CT molecular complexity index is 644. The summed E-state index contributed by atoms with van der Waals surface area (Å²) in [7, 11) is 0. The van der Waals surface area contributed by atoms with Crippen LogP contribution < -0.4 is 5.32 Å². The fourth-order valence-electron chi connectivity index (χ4n) is 1.96. The van der Waals surface area contributed by atoms with Crippen LogP contribution in [-0.4, -0.2) is 45.6 Å². The Morgan fingerprint density at radius 3 is 2.32 bits per heavy atom. The van der Waals surface area contributed by atoms with Gasteiger partial charge in [-0.2, -0.15) is 0 Å². The monoisotopic (exact) mass is 361 g/mol. The number of rotatable bonds is 6. The molecule has 4 N–H and O–H groups in total. The molecule has 0 fully saturated rings. The Kier molecular flexibility index (Phi) is 6.83. The number of aromatic carboxylic acids is 1. The van der Waals surface area contributed by atoms with Crippen molar-refractivity contribution < 1.29 is 38.4 Å². The number of aliphatic hydroxyl groups is 2. The van der Waals surface area contributed by atoms with E-state index in [-0.39, 0.29) is 13.0 Å². The normalized spacial score (nSPS) is 13.9. The molecule has 2 atom stereocenters. The molecular weight excluding hydrogens is 340 g/mol. The zero-order valence-electron chi connectivity index (χ0n) is 14.0. The van der Waals surface area contributed by atoms with Crippen molar-refractivity contribution in [1.82, 2.24) is 5.32 Å². The van der Waals surface area contributed by atoms with Gasteiger partial charge in [-0.1, -0.05) is 0 Å². The van der Waals surface area contributed by atoms with Crippen LogP contribution in [0.15, 0.2) is 12.1 Å². The van der Waals surface area contributed by atoms with Gasteiger partial charge in [0.1, 0.15) is 23.3 Å². The highest BCUT2D eigenvalue weighted by Crippen LogP contribution is 2.25. The van der Waals surface area contributed by atoms with Crippen molar-refractivity contribution in [3.05, 3.63) is 34.9 Å². The lowest BCUT2D eigenvalue weighted by Gasteiger charge is -2.21. The number of carboxylic acids is 1. The predicted octanol–water partition coefficient (Wildman–Crippen LogP) is 1.97. The number of alkyl carbamates (subject to hydrolysis) is 1. The van der Waals surface area contributed by atoms with Crippen LogP contribution >= 0.6 is 0 Å². The molecule has 0 aliphatic rings. The van der Waals surface area contributed by atoms with Gasteiger partial charge in [0, 0.05) is 18.2 Å². The third-order valence-electron chi connectivity index (χ3n) is 3.11. The van der Waals surface area contributed by atoms with Gasteiger partial charge in [0.2, 0.25) is 0 Å². The van der Waals surface area contributed by atoms with E-state index in [4.69, 9.17) is 9.84 Å². The van der Waals surface area contributed by atoms with Crippen LogP contribution in [-0.2, 0) is 4.74 Å². The second-order valence-corrected chi connectivity index (χ2v) is 6.39. The number of ether oxygens (including phenoxy) is 1. The first-order chi connectivity index (χ1) is 11.4. The molecule has 0 aliphatic heterocycles. The summed E-state index contributed by atoms with van der Waals surface area (Å²) in [6.07, 6.45) is -4.20. The van der Waals surface area contributed by atoms with E-state index in [0.29, 0.717) is 12.1 Å². The average molecular weight is 361 g/mol. The Hall–Kier alpha value is -2.26. The predicted molar refractivity (Wildman–Crippen MR) is 83.1 cm³/mol. The Morgan fingerprint density at radius 1 is 1.20 bits per heavy atom. The number of aliphatic hydroxyl groups excluding tert-OH is 2. The molecule has 1 amide bonds. The highest BCUT2D eigenvalue weighted by Gasteiger charge is 2.25. The van der Waals surface area contributed by atoms with E-state index >= 15 is 0 Å². The summed E-state index contributed by atoms with van der Waals surface area (Å²) < 4.78 is 32.1. The fourth-order valence-corrected chi connectivity index (χ4v) is 1.96. The van der Waals surface area contributed by atoms with Crippen molar-refractivity contribution in [2.45, 2.75) is 45.0 Å². The number of benzene rings is 1. The van der Waals surface area contributed by atoms with E-state index in [1.807, 2.05) is 0 Å². The highest BCUT2D eigenvalue weighted by atomic mass is 19.1. The van der Waals surface area contributed by atoms with Crippen LogP contribution in [0.25, 0.3) is 0 Å². The van der Waals surface area contributed by atoms with Crippen LogP contribution in [0.1, 0.15) is 49.2 Å². The number of nitrogens with one attached hydrogen (secondary N) is 1. The largest absolute Gasteiger partial charge is 0.478 e. The van der Waals surface area contributed by atoms with Gasteiger partial charge in [-0.15, -0.1) is 0 Å². The number of hydrogen-bond acceptors (Lipinski definition) is 5. The van der Waals surface area contributed by atoms with Gasteiger partial charge in [-0.05, 0) is 33.3 Å². The molecular formula is C16H21F2NO6. The third kappa shape index (κ3) is 6.28. The lowest BCUT2D eigenvalue weighted by atomic mass is 9.99. The number of amides is 1. The van der Waals surface area contributed by atoms with Crippen molar-refractivity contribution in [3.63, 3.8) is 0 Å². The molecule has 25 heavy (non-hydrogen) atoms. The molecule has 0 bridgehead atoms. The lowest BCUT2D eigenvalue weighted by Crippen LogP contribution is -2.34. The Labute approximate surface area is 143 Å². The van der Waals surface area contributed by atoms with Gasteiger partial charge in [0.25, 0.3) is 0 Å². The molecule has 1 rings (SSSR count). The standard InChI is InChI=1S/C16H21F2NO6/c1-16(2,3)25-15(24)19-5-4-12(20)13(21)8-6-9(14(22)23)11(18)7-10(8)17/h6-7,12-13,20-21H,4-5H2,1-3H3,(H,19,24)(H,22,23). The van der Waals surface area contributed by atoms with Crippen LogP contribution in [0.5, 0.6) is 0 Å². The minimum Gasteiger partial charge on any atom is -0.478 e. The fraction of sp³-hybridized carbons (Fsp3) is 0.500. The third-order valence-corrected chi connectivity index (χ3v) is 3.11. The van der Waals surface area contributed by atoms with Gasteiger partial charge in [-0.3, -0.25) is 0 Å². The van der Waals surface area contributed by atoms with E-state index in [1.165, 1.54) is 0 Å². The maximum atomic E-state index is 13.7. The minimum absolute atomic E-state index is 0.0816. The number of carbonyl (C=O) groups excluding carboxylic acids is 1. The molecule has 140 valence electrons. The molecule has 1 aromatic carbocycles. The van der Waals surface area contributed by atoms with Crippen molar-refractivity contribution in [2.75, 3.05) is 6.54 Å². The number of halogens is 2. The molecule has 0 saturated heterocycles. The summed E-state index contributed by atoms with van der Waals surface area (Å²) in [5.74, 6) is -4.11. The van der Waals surface area contributed by atoms with Gasteiger partial charge >= 0.3 is 12.1 Å². The molecule has 0 heterocycles. The van der Waals surface area contributed by atoms with Gasteiger partial charge < -0.3 is 25.4 Å². The van der Waals surface area contributed by atoms with Gasteiger partial charge in [-0.25, -0.2) is 18.4 Å². The topological polar surface area (TPSA) is 116 Å². The summed E-state index contributed by atoms with van der Waals surface area (Å²) in [4.78, 5) is 22.3. The SMILES string of the molecule is CC(C)(C)OC(=O)NCCC(O)C(O)c1cc(C(=O)O)c(F)cc1F. The van der Waals surface area contributed by atoms with Crippen molar-refractivity contribution in [1.29, 1.82) is 0 Å². The van der Waals surface area contributed by atoms with Crippen molar-refractivity contribution >= 4 is 12.1 Å². The zero-order chi connectivity index (χ0) is 19.4. The lowest BCUT2D eigenvalue weighted by molar-refractivity contribution is 0.0102. The molecule has 0 spiro atoms. The van der Waals surface area contributed by atoms with Gasteiger partial charge in [0.15, 0.2) is 0 Å². The molecule has 0 aromatic heterocycles. The summed E-state index contributed by atoms with van der Waals surface area (Å²) >= 11 is 0. The van der Waals surface area contributed by atoms with Crippen LogP contribution in [0, 0.1) is 11.6 Å². The molecule has 0 aliphatic carbocycles. The summed E-state index contributed by atoms with van der Waals surface area (Å²) in [5.41, 5.74) is -2.08. The maximum Gasteiger partial charge on any atom is 0.407 e. The van der Waals surface area contributed by atoms with Crippen LogP contribution in [0.4, 0.5) is 13.6 Å². The van der Waals surface area contributed by atoms with E-state index in [1.54, 1.807) is 20.8 Å². The van der Waals surface area contributed by atoms with Crippen LogP contribution in [0.2, 0.25) is 0 Å². The van der Waals surface area contributed by atoms with Crippen molar-refractivity contribution in [2.24, 2.45) is 0 Å². The first-order valence-electron chi connectivity index (χ1n) is 7.47. The highest BCUT2D eigenvalue weighted by molar-refractivity contribution is 5.88. The molecule has 9 heteroatoms. The number of hydrogen-bond donors (Lipinski definition) is 4. The van der Waals surface area contributed by atoms with E-state index in [0.717, 1.165) is 0 Å². The molecule has 7 nitrogen and oxygen atoms in total. The average Bonchev–Trinajstić information content (AvgIpc) is 2.44. The number of carboxylic acid groups (broad SMARTS) is 1. The number of carbonyl (C=O) groups is 2. The molecule has 1 aromatic rings. The molecule has 0 radical (unpaired) electrons. The first kappa shape index (κ1) is 20.8. The first-order valence-corrected chi connectivity index (χ1v) is 7.47. The summed E-state index contributed by atoms with van der Waals surface area (Å²) in [5, 5.41) is 31.0. The molecule has 0 saturated carbocycles. The van der Waals surface area contributed by atoms with E-state index in [2.05, 4.69) is 5.32 Å². The van der Waals surface area contributed by atoms with Gasteiger partial charge in [0.05, 0.1) is 11.7 Å². The summed E-state index contributed by atoms with van der Waals surface area (Å²) in [6.45, 7) is 4.93. The van der Waals surface area contributed by atoms with E-state index in [9.17, 15) is 28.6 Å². The smallest absolute Gasteiger partial charge is 0.407 e. The second kappa shape index (κ2) is 8.21. The maximum absolute atomic E-state index is 13.7. The Balaban J connectivity index is 2.71.